The van der Waals surface area contributed by atoms with Crippen LogP contribution in [0.2, 0.25) is 0 Å². The Morgan fingerprint density at radius 3 is 2.62 bits per heavy atom. The second kappa shape index (κ2) is 12.4. The Labute approximate surface area is 244 Å². The van der Waals surface area contributed by atoms with Crippen LogP contribution in [0.4, 0.5) is 17.3 Å². The van der Waals surface area contributed by atoms with Crippen LogP contribution >= 0.6 is 0 Å². The number of anilines is 3. The number of methoxy groups -OCH3 is 1. The third-order valence-electron chi connectivity index (χ3n) is 7.25. The first-order valence-corrected chi connectivity index (χ1v) is 15.4. The van der Waals surface area contributed by atoms with Gasteiger partial charge in [0.05, 0.1) is 30.7 Å². The second-order valence-electron chi connectivity index (χ2n) is 10.5. The number of hydrogen-bond acceptors (Lipinski definition) is 11. The van der Waals surface area contributed by atoms with Gasteiger partial charge in [-0.25, -0.2) is 13.4 Å². The quantitative estimate of drug-likeness (QED) is 0.265. The van der Waals surface area contributed by atoms with Crippen molar-refractivity contribution in [2.24, 2.45) is 5.92 Å². The van der Waals surface area contributed by atoms with Crippen molar-refractivity contribution in [3.63, 3.8) is 0 Å². The first-order chi connectivity index (χ1) is 20.2. The molecule has 1 fully saturated rings. The Morgan fingerprint density at radius 1 is 1.19 bits per heavy atom. The van der Waals surface area contributed by atoms with Crippen molar-refractivity contribution in [1.82, 2.24) is 25.0 Å². The summed E-state index contributed by atoms with van der Waals surface area (Å²) in [6.07, 6.45) is 2.94. The summed E-state index contributed by atoms with van der Waals surface area (Å²) in [5.74, 6) is 0.0179. The molecule has 0 atom stereocenters. The van der Waals surface area contributed by atoms with E-state index < -0.39 is 9.84 Å². The monoisotopic (exact) mass is 593 g/mol. The molecule has 1 aliphatic rings. The molecule has 4 heterocycles. The number of aromatic nitrogens is 4. The molecule has 1 saturated heterocycles. The van der Waals surface area contributed by atoms with Crippen LogP contribution in [0.15, 0.2) is 63.7 Å². The van der Waals surface area contributed by atoms with Crippen LogP contribution in [0, 0.1) is 5.92 Å². The lowest BCUT2D eigenvalue weighted by molar-refractivity contribution is 0.216. The SMILES string of the molecule is C=C(c1cc2cnc(Nc3ccc(N4CCNCC4)cc3)nc2n(Cc2cnoc2S(=O)(=O)CCOC)c1=O)C(C)C. The maximum atomic E-state index is 13.8. The standard InChI is InChI=1S/C29H35N7O5S/c1-19(2)20(3)25-15-21-16-31-29(33-23-5-7-24(8-6-23)35-11-9-30-10-12-35)34-26(21)36(27(25)37)18-22-17-32-41-28(22)42(38,39)14-13-40-4/h5-8,15-17,19,30H,3,9-14,18H2,1-2,4H3,(H,31,33,34). The molecule has 222 valence electrons. The van der Waals surface area contributed by atoms with E-state index in [1.807, 2.05) is 38.1 Å². The molecule has 42 heavy (non-hydrogen) atoms. The first kappa shape index (κ1) is 29.4. The lowest BCUT2D eigenvalue weighted by atomic mass is 9.97. The molecule has 0 spiro atoms. The molecule has 0 bridgehead atoms. The maximum Gasteiger partial charge on any atom is 0.260 e. The predicted octanol–water partition coefficient (Wildman–Crippen LogP) is 3.07. The molecule has 0 amide bonds. The molecule has 0 saturated carbocycles. The zero-order valence-electron chi connectivity index (χ0n) is 24.0. The Balaban J connectivity index is 1.53. The van der Waals surface area contributed by atoms with Gasteiger partial charge in [-0.2, -0.15) is 4.98 Å². The van der Waals surface area contributed by atoms with Gasteiger partial charge in [0.15, 0.2) is 0 Å². The highest BCUT2D eigenvalue weighted by Crippen LogP contribution is 2.25. The van der Waals surface area contributed by atoms with E-state index in [4.69, 9.17) is 9.26 Å². The van der Waals surface area contributed by atoms with Gasteiger partial charge in [0.1, 0.15) is 5.65 Å². The van der Waals surface area contributed by atoms with Crippen molar-refractivity contribution in [2.45, 2.75) is 25.5 Å². The molecule has 1 aliphatic heterocycles. The summed E-state index contributed by atoms with van der Waals surface area (Å²) in [6, 6.07) is 9.74. The van der Waals surface area contributed by atoms with Gasteiger partial charge in [0, 0.05) is 61.8 Å². The van der Waals surface area contributed by atoms with Crippen molar-refractivity contribution in [3.05, 3.63) is 70.8 Å². The van der Waals surface area contributed by atoms with Crippen molar-refractivity contribution in [3.8, 4) is 0 Å². The van der Waals surface area contributed by atoms with Crippen LogP contribution < -0.4 is 21.1 Å². The van der Waals surface area contributed by atoms with Crippen LogP contribution in [0.3, 0.4) is 0 Å². The third kappa shape index (κ3) is 6.22. The van der Waals surface area contributed by atoms with Gasteiger partial charge in [0.2, 0.25) is 15.8 Å². The smallest absolute Gasteiger partial charge is 0.260 e. The minimum absolute atomic E-state index is 0.00643. The lowest BCUT2D eigenvalue weighted by Gasteiger charge is -2.29. The lowest BCUT2D eigenvalue weighted by Crippen LogP contribution is -2.43. The number of sulfone groups is 1. The highest BCUT2D eigenvalue weighted by molar-refractivity contribution is 7.91. The van der Waals surface area contributed by atoms with Crippen LogP contribution in [-0.2, 0) is 21.1 Å². The van der Waals surface area contributed by atoms with Crippen LogP contribution in [-0.4, -0.2) is 73.8 Å². The fraction of sp³-hybridized carbons (Fsp3) is 0.379. The van der Waals surface area contributed by atoms with E-state index in [0.29, 0.717) is 28.1 Å². The van der Waals surface area contributed by atoms with Gasteiger partial charge in [-0.15, -0.1) is 0 Å². The highest BCUT2D eigenvalue weighted by Gasteiger charge is 2.26. The molecule has 0 aliphatic carbocycles. The molecule has 1 aromatic carbocycles. The van der Waals surface area contributed by atoms with Crippen molar-refractivity contribution >= 4 is 43.8 Å². The Bertz CT molecular complexity index is 1740. The number of ether oxygens (including phenoxy) is 1. The summed E-state index contributed by atoms with van der Waals surface area (Å²) >= 11 is 0. The summed E-state index contributed by atoms with van der Waals surface area (Å²) in [6.45, 7) is 11.7. The summed E-state index contributed by atoms with van der Waals surface area (Å²) in [4.78, 5) is 25.3. The van der Waals surface area contributed by atoms with Crippen LogP contribution in [0.5, 0.6) is 0 Å². The van der Waals surface area contributed by atoms with Gasteiger partial charge in [-0.05, 0) is 41.8 Å². The molecule has 5 rings (SSSR count). The van der Waals surface area contributed by atoms with E-state index in [2.05, 4.69) is 37.2 Å². The van der Waals surface area contributed by atoms with Crippen LogP contribution in [0.25, 0.3) is 16.6 Å². The summed E-state index contributed by atoms with van der Waals surface area (Å²) < 4.78 is 37.3. The minimum Gasteiger partial charge on any atom is -0.384 e. The first-order valence-electron chi connectivity index (χ1n) is 13.8. The number of benzene rings is 1. The number of hydrogen-bond donors (Lipinski definition) is 2. The van der Waals surface area contributed by atoms with E-state index >= 15 is 0 Å². The van der Waals surface area contributed by atoms with E-state index in [0.717, 1.165) is 37.6 Å². The van der Waals surface area contributed by atoms with Gasteiger partial charge >= 0.3 is 0 Å². The summed E-state index contributed by atoms with van der Waals surface area (Å²) in [5, 5.41) is 10.6. The van der Waals surface area contributed by atoms with E-state index in [1.165, 1.54) is 17.9 Å². The third-order valence-corrected chi connectivity index (χ3v) is 8.85. The molecule has 0 radical (unpaired) electrons. The molecular weight excluding hydrogens is 558 g/mol. The number of rotatable bonds is 11. The molecule has 3 aromatic heterocycles. The summed E-state index contributed by atoms with van der Waals surface area (Å²) in [7, 11) is -2.42. The molecule has 2 N–H and O–H groups in total. The highest BCUT2D eigenvalue weighted by atomic mass is 32.2. The molecule has 12 nitrogen and oxygen atoms in total. The van der Waals surface area contributed by atoms with E-state index in [1.54, 1.807) is 12.3 Å². The van der Waals surface area contributed by atoms with Crippen molar-refractivity contribution in [2.75, 3.05) is 55.9 Å². The number of allylic oxidation sites excluding steroid dienone is 1. The van der Waals surface area contributed by atoms with Gasteiger partial charge in [-0.3, -0.25) is 9.36 Å². The zero-order valence-corrected chi connectivity index (χ0v) is 24.8. The van der Waals surface area contributed by atoms with Gasteiger partial charge in [0.25, 0.3) is 10.7 Å². The molecular formula is C29H35N7O5S. The molecule has 4 aromatic rings. The molecule has 0 unspecified atom stereocenters. The van der Waals surface area contributed by atoms with Crippen molar-refractivity contribution in [1.29, 1.82) is 0 Å². The fourth-order valence-corrected chi connectivity index (χ4v) is 6.03. The number of fused-ring (bicyclic) bond motifs is 1. The molecule has 13 heteroatoms. The van der Waals surface area contributed by atoms with E-state index in [9.17, 15) is 13.2 Å². The average Bonchev–Trinajstić information content (AvgIpc) is 3.47. The normalized spacial score (nSPS) is 14.0. The minimum atomic E-state index is -3.84. The Hall–Kier alpha value is -4.07. The maximum absolute atomic E-state index is 13.8. The average molecular weight is 594 g/mol. The summed E-state index contributed by atoms with van der Waals surface area (Å²) in [5.41, 5.74) is 3.20. The topological polar surface area (TPSA) is 144 Å². The fourth-order valence-electron chi connectivity index (χ4n) is 4.78. The number of piperazine rings is 1. The van der Waals surface area contributed by atoms with Gasteiger partial charge < -0.3 is 24.8 Å². The predicted molar refractivity (Wildman–Crippen MR) is 162 cm³/mol. The number of nitrogens with zero attached hydrogens (tertiary/aromatic N) is 5. The largest absolute Gasteiger partial charge is 0.384 e. The Morgan fingerprint density at radius 2 is 1.93 bits per heavy atom. The number of pyridine rings is 1. The Kier molecular flexibility index (Phi) is 8.71. The van der Waals surface area contributed by atoms with Crippen LogP contribution in [0.1, 0.15) is 25.0 Å². The van der Waals surface area contributed by atoms with E-state index in [-0.39, 0.29) is 41.0 Å². The van der Waals surface area contributed by atoms with Gasteiger partial charge in [-0.1, -0.05) is 25.6 Å². The number of nitrogens with one attached hydrogen (secondary N) is 2. The van der Waals surface area contributed by atoms with Crippen molar-refractivity contribution < 1.29 is 17.7 Å². The second-order valence-corrected chi connectivity index (χ2v) is 12.5. The zero-order chi connectivity index (χ0) is 29.9.